The van der Waals surface area contributed by atoms with Gasteiger partial charge in [-0.25, -0.2) is 15.6 Å². The Morgan fingerprint density at radius 1 is 1.80 bits per heavy atom. The summed E-state index contributed by atoms with van der Waals surface area (Å²) in [6, 6.07) is 0.0486. The number of carbonyl (C=O) groups is 1. The molecular weight excluding hydrogens is 132 g/mol. The Morgan fingerprint density at radius 2 is 2.40 bits per heavy atom. The number of ether oxygens (including phenoxy) is 1. The Hall–Kier alpha value is -0.770. The van der Waals surface area contributed by atoms with Gasteiger partial charge >= 0.3 is 6.09 Å². The standard InChI is InChI=1S/C6H12N2O2/c1-3-5-4(2)10-6(9)8(5)7/h4-5H,3,7H2,1-2H3/t4-,5-/m0/s1. The van der Waals surface area contributed by atoms with Crippen LogP contribution in [0.1, 0.15) is 20.3 Å². The van der Waals surface area contributed by atoms with Crippen LogP contribution in [0.3, 0.4) is 0 Å². The molecule has 1 aliphatic heterocycles. The lowest BCUT2D eigenvalue weighted by Gasteiger charge is -2.15. The second kappa shape index (κ2) is 2.46. The van der Waals surface area contributed by atoms with Crippen molar-refractivity contribution < 1.29 is 9.53 Å². The van der Waals surface area contributed by atoms with E-state index < -0.39 is 6.09 Å². The number of carbonyl (C=O) groups excluding carboxylic acids is 1. The fourth-order valence-electron chi connectivity index (χ4n) is 1.19. The highest BCUT2D eigenvalue weighted by molar-refractivity contribution is 5.69. The molecule has 0 aromatic carbocycles. The number of cyclic esters (lactones) is 1. The normalized spacial score (nSPS) is 32.7. The average Bonchev–Trinajstić information content (AvgIpc) is 2.09. The smallest absolute Gasteiger partial charge is 0.424 e. The van der Waals surface area contributed by atoms with E-state index in [1.807, 2.05) is 13.8 Å². The molecule has 2 N–H and O–H groups in total. The van der Waals surface area contributed by atoms with E-state index >= 15 is 0 Å². The molecule has 10 heavy (non-hydrogen) atoms. The number of hydrogen-bond donors (Lipinski definition) is 1. The van der Waals surface area contributed by atoms with E-state index in [0.29, 0.717) is 0 Å². The Morgan fingerprint density at radius 3 is 2.60 bits per heavy atom. The summed E-state index contributed by atoms with van der Waals surface area (Å²) in [5.74, 6) is 5.38. The number of nitrogens with two attached hydrogens (primary N) is 1. The quantitative estimate of drug-likeness (QED) is 0.430. The third-order valence-corrected chi connectivity index (χ3v) is 1.81. The first-order valence-corrected chi connectivity index (χ1v) is 3.41. The second-order valence-electron chi connectivity index (χ2n) is 2.47. The summed E-state index contributed by atoms with van der Waals surface area (Å²) >= 11 is 0. The van der Waals surface area contributed by atoms with Crippen molar-refractivity contribution in [2.75, 3.05) is 0 Å². The number of rotatable bonds is 1. The van der Waals surface area contributed by atoms with Gasteiger partial charge in [-0.2, -0.15) is 0 Å². The van der Waals surface area contributed by atoms with E-state index in [4.69, 9.17) is 10.6 Å². The highest BCUT2D eigenvalue weighted by Crippen LogP contribution is 2.17. The lowest BCUT2D eigenvalue weighted by Crippen LogP contribution is -2.40. The van der Waals surface area contributed by atoms with E-state index in [1.54, 1.807) is 0 Å². The fourth-order valence-corrected chi connectivity index (χ4v) is 1.19. The van der Waals surface area contributed by atoms with Crippen LogP contribution in [-0.4, -0.2) is 23.2 Å². The van der Waals surface area contributed by atoms with Crippen LogP contribution in [0.15, 0.2) is 0 Å². The molecule has 0 unspecified atom stereocenters. The Kier molecular flexibility index (Phi) is 1.80. The SMILES string of the molecule is CC[C@H]1[C@H](C)OC(=O)N1N. The summed E-state index contributed by atoms with van der Waals surface area (Å²) in [7, 11) is 0. The fraction of sp³-hybridized carbons (Fsp3) is 0.833. The lowest BCUT2D eigenvalue weighted by atomic mass is 10.1. The molecule has 0 aliphatic carbocycles. The number of hydrazine groups is 1. The van der Waals surface area contributed by atoms with E-state index in [1.165, 1.54) is 0 Å². The molecule has 4 nitrogen and oxygen atoms in total. The maximum Gasteiger partial charge on any atom is 0.424 e. The van der Waals surface area contributed by atoms with Crippen molar-refractivity contribution in [1.29, 1.82) is 0 Å². The zero-order chi connectivity index (χ0) is 7.72. The predicted octanol–water partition coefficient (Wildman–Crippen LogP) is 0.479. The van der Waals surface area contributed by atoms with Gasteiger partial charge in [-0.3, -0.25) is 0 Å². The summed E-state index contributed by atoms with van der Waals surface area (Å²) in [4.78, 5) is 10.7. The van der Waals surface area contributed by atoms with Crippen LogP contribution in [0.25, 0.3) is 0 Å². The van der Waals surface area contributed by atoms with Crippen molar-refractivity contribution in [3.05, 3.63) is 0 Å². The van der Waals surface area contributed by atoms with E-state index in [0.717, 1.165) is 11.4 Å². The van der Waals surface area contributed by atoms with Gasteiger partial charge in [0, 0.05) is 0 Å². The first kappa shape index (κ1) is 7.34. The Bertz CT molecular complexity index is 149. The van der Waals surface area contributed by atoms with Crippen LogP contribution < -0.4 is 5.84 Å². The molecule has 0 bridgehead atoms. The van der Waals surface area contributed by atoms with Gasteiger partial charge in [0.25, 0.3) is 0 Å². The van der Waals surface area contributed by atoms with Gasteiger partial charge < -0.3 is 4.74 Å². The topological polar surface area (TPSA) is 55.6 Å². The summed E-state index contributed by atoms with van der Waals surface area (Å²) in [6.45, 7) is 3.82. The Labute approximate surface area is 59.9 Å². The van der Waals surface area contributed by atoms with Crippen molar-refractivity contribution in [2.24, 2.45) is 5.84 Å². The molecule has 0 spiro atoms. The van der Waals surface area contributed by atoms with E-state index in [-0.39, 0.29) is 12.1 Å². The van der Waals surface area contributed by atoms with Gasteiger partial charge in [-0.05, 0) is 13.3 Å². The number of hydrogen-bond acceptors (Lipinski definition) is 3. The molecule has 1 heterocycles. The second-order valence-corrected chi connectivity index (χ2v) is 2.47. The summed E-state index contributed by atoms with van der Waals surface area (Å²) in [5.41, 5.74) is 0. The van der Waals surface area contributed by atoms with Crippen LogP contribution in [0.4, 0.5) is 4.79 Å². The van der Waals surface area contributed by atoms with Gasteiger partial charge in [-0.15, -0.1) is 0 Å². The Balaban J connectivity index is 2.64. The lowest BCUT2D eigenvalue weighted by molar-refractivity contribution is 0.137. The third kappa shape index (κ3) is 0.945. The first-order valence-electron chi connectivity index (χ1n) is 3.41. The van der Waals surface area contributed by atoms with Crippen LogP contribution in [0, 0.1) is 0 Å². The molecule has 58 valence electrons. The molecule has 0 saturated carbocycles. The molecule has 1 amide bonds. The van der Waals surface area contributed by atoms with Crippen molar-refractivity contribution in [1.82, 2.24) is 5.01 Å². The minimum absolute atomic E-state index is 0.0486. The highest BCUT2D eigenvalue weighted by Gasteiger charge is 2.35. The molecule has 2 atom stereocenters. The van der Waals surface area contributed by atoms with Crippen LogP contribution in [0.2, 0.25) is 0 Å². The largest absolute Gasteiger partial charge is 0.443 e. The molecule has 1 rings (SSSR count). The summed E-state index contributed by atoms with van der Waals surface area (Å²) in [6.07, 6.45) is 0.352. The molecule has 1 saturated heterocycles. The van der Waals surface area contributed by atoms with Crippen molar-refractivity contribution in [3.8, 4) is 0 Å². The van der Waals surface area contributed by atoms with Gasteiger partial charge in [0.1, 0.15) is 6.10 Å². The van der Waals surface area contributed by atoms with Gasteiger partial charge in [0.2, 0.25) is 0 Å². The highest BCUT2D eigenvalue weighted by atomic mass is 16.6. The zero-order valence-corrected chi connectivity index (χ0v) is 6.20. The van der Waals surface area contributed by atoms with Crippen molar-refractivity contribution in [3.63, 3.8) is 0 Å². The van der Waals surface area contributed by atoms with Crippen LogP contribution >= 0.6 is 0 Å². The van der Waals surface area contributed by atoms with Gasteiger partial charge in [-0.1, -0.05) is 6.92 Å². The average molecular weight is 144 g/mol. The number of amides is 1. The monoisotopic (exact) mass is 144 g/mol. The molecule has 0 aromatic rings. The predicted molar refractivity (Wildman–Crippen MR) is 36.0 cm³/mol. The first-order chi connectivity index (χ1) is 4.66. The molecule has 1 aliphatic rings. The van der Waals surface area contributed by atoms with Gasteiger partial charge in [0.05, 0.1) is 6.04 Å². The minimum atomic E-state index is -0.417. The molecule has 0 radical (unpaired) electrons. The summed E-state index contributed by atoms with van der Waals surface area (Å²) < 4.78 is 4.84. The van der Waals surface area contributed by atoms with E-state index in [9.17, 15) is 4.79 Å². The minimum Gasteiger partial charge on any atom is -0.443 e. The maximum absolute atomic E-state index is 10.7. The van der Waals surface area contributed by atoms with Crippen molar-refractivity contribution >= 4 is 6.09 Å². The zero-order valence-electron chi connectivity index (χ0n) is 6.20. The molecule has 1 fully saturated rings. The molecular formula is C6H12N2O2. The third-order valence-electron chi connectivity index (χ3n) is 1.81. The number of nitrogens with zero attached hydrogens (tertiary/aromatic N) is 1. The van der Waals surface area contributed by atoms with Crippen LogP contribution in [0.5, 0.6) is 0 Å². The molecule has 4 heteroatoms. The van der Waals surface area contributed by atoms with Crippen LogP contribution in [-0.2, 0) is 4.74 Å². The van der Waals surface area contributed by atoms with Crippen molar-refractivity contribution in [2.45, 2.75) is 32.4 Å². The molecule has 0 aromatic heterocycles. The maximum atomic E-state index is 10.7. The summed E-state index contributed by atoms with van der Waals surface area (Å²) in [5, 5.41) is 1.16. The van der Waals surface area contributed by atoms with E-state index in [2.05, 4.69) is 0 Å². The van der Waals surface area contributed by atoms with Gasteiger partial charge in [0.15, 0.2) is 0 Å².